The van der Waals surface area contributed by atoms with Gasteiger partial charge in [0, 0.05) is 15.5 Å². The first kappa shape index (κ1) is 14.2. The van der Waals surface area contributed by atoms with Crippen molar-refractivity contribution in [2.24, 2.45) is 0 Å². The number of amides is 1. The molecule has 0 heterocycles. The minimum Gasteiger partial charge on any atom is -0.480 e. The van der Waals surface area contributed by atoms with Gasteiger partial charge in [0.1, 0.15) is 6.54 Å². The van der Waals surface area contributed by atoms with Crippen molar-refractivity contribution in [2.75, 3.05) is 13.1 Å². The quantitative estimate of drug-likeness (QED) is 0.893. The number of rotatable bonds is 4. The van der Waals surface area contributed by atoms with Gasteiger partial charge in [-0.2, -0.15) is 0 Å². The van der Waals surface area contributed by atoms with Crippen LogP contribution < -0.4 is 0 Å². The van der Waals surface area contributed by atoms with Crippen molar-refractivity contribution < 1.29 is 14.7 Å². The number of hydrogen-bond donors (Lipinski definition) is 1. The summed E-state index contributed by atoms with van der Waals surface area (Å²) < 4.78 is 1.49. The maximum atomic E-state index is 12.1. The molecule has 92 valence electrons. The minimum atomic E-state index is -1.02. The molecule has 0 aromatic heterocycles. The molecule has 0 aliphatic rings. The number of carbonyl (C=O) groups is 2. The first-order chi connectivity index (χ1) is 7.95. The number of carbonyl (C=O) groups excluding carboxylic acids is 1. The highest BCUT2D eigenvalue weighted by atomic mass is 79.9. The molecule has 0 spiro atoms. The Kier molecular flexibility index (Phi) is 5.14. The largest absolute Gasteiger partial charge is 0.480 e. The van der Waals surface area contributed by atoms with Crippen molar-refractivity contribution in [1.29, 1.82) is 0 Å². The monoisotopic (exact) mass is 363 g/mol. The molecule has 0 fully saturated rings. The highest BCUT2D eigenvalue weighted by molar-refractivity contribution is 9.11. The lowest BCUT2D eigenvalue weighted by Crippen LogP contribution is -2.35. The summed E-state index contributed by atoms with van der Waals surface area (Å²) in [5.41, 5.74) is 0.455. The zero-order valence-electron chi connectivity index (χ0n) is 9.11. The van der Waals surface area contributed by atoms with Gasteiger partial charge in [-0.05, 0) is 41.1 Å². The number of aliphatic carboxylic acids is 1. The molecule has 0 bridgehead atoms. The third-order valence-corrected chi connectivity index (χ3v) is 3.31. The Morgan fingerprint density at radius 3 is 2.47 bits per heavy atom. The Bertz CT molecular complexity index is 448. The van der Waals surface area contributed by atoms with Gasteiger partial charge < -0.3 is 10.0 Å². The summed E-state index contributed by atoms with van der Waals surface area (Å²) in [7, 11) is 0. The third-order valence-electron chi connectivity index (χ3n) is 2.16. The molecule has 4 nitrogen and oxygen atoms in total. The van der Waals surface area contributed by atoms with E-state index in [-0.39, 0.29) is 12.5 Å². The molecule has 1 rings (SSSR count). The molecule has 1 amide bonds. The van der Waals surface area contributed by atoms with Crippen LogP contribution in [0.25, 0.3) is 0 Å². The van der Waals surface area contributed by atoms with Crippen LogP contribution in [0.5, 0.6) is 0 Å². The normalized spacial score (nSPS) is 10.1. The maximum Gasteiger partial charge on any atom is 0.323 e. The number of carboxylic acids is 1. The molecule has 0 saturated heterocycles. The van der Waals surface area contributed by atoms with Crippen LogP contribution in [0.4, 0.5) is 0 Å². The topological polar surface area (TPSA) is 57.6 Å². The molecule has 0 aliphatic carbocycles. The summed E-state index contributed by atoms with van der Waals surface area (Å²) in [4.78, 5) is 24.0. The van der Waals surface area contributed by atoms with Crippen LogP contribution in [0, 0.1) is 0 Å². The second kappa shape index (κ2) is 6.16. The average Bonchev–Trinajstić information content (AvgIpc) is 2.24. The highest BCUT2D eigenvalue weighted by Crippen LogP contribution is 2.23. The third kappa shape index (κ3) is 3.81. The lowest BCUT2D eigenvalue weighted by Gasteiger charge is -2.19. The molecular weight excluding hydrogens is 354 g/mol. The number of benzene rings is 1. The molecule has 6 heteroatoms. The molecule has 0 atom stereocenters. The van der Waals surface area contributed by atoms with Gasteiger partial charge in [-0.1, -0.05) is 15.9 Å². The molecule has 17 heavy (non-hydrogen) atoms. The lowest BCUT2D eigenvalue weighted by atomic mass is 10.2. The van der Waals surface area contributed by atoms with Gasteiger partial charge in [-0.15, -0.1) is 0 Å². The van der Waals surface area contributed by atoms with E-state index in [0.29, 0.717) is 16.6 Å². The smallest absolute Gasteiger partial charge is 0.323 e. The Balaban J connectivity index is 2.97. The number of carboxylic acid groups (broad SMARTS) is 1. The van der Waals surface area contributed by atoms with Crippen molar-refractivity contribution in [3.05, 3.63) is 32.7 Å². The van der Waals surface area contributed by atoms with Gasteiger partial charge in [0.05, 0.1) is 5.56 Å². The van der Waals surface area contributed by atoms with Gasteiger partial charge in [-0.25, -0.2) is 0 Å². The lowest BCUT2D eigenvalue weighted by molar-refractivity contribution is -0.137. The molecular formula is C11H11Br2NO3. The van der Waals surface area contributed by atoms with Crippen molar-refractivity contribution in [1.82, 2.24) is 4.90 Å². The predicted molar refractivity (Wildman–Crippen MR) is 71.1 cm³/mol. The molecule has 1 aromatic carbocycles. The van der Waals surface area contributed by atoms with Crippen LogP contribution in [-0.2, 0) is 4.79 Å². The Morgan fingerprint density at radius 2 is 2.00 bits per heavy atom. The second-order valence-corrected chi connectivity index (χ2v) is 5.11. The van der Waals surface area contributed by atoms with Crippen LogP contribution in [0.1, 0.15) is 17.3 Å². The van der Waals surface area contributed by atoms with Crippen LogP contribution in [0.3, 0.4) is 0 Å². The number of likely N-dealkylation sites (N-methyl/N-ethyl adjacent to an activating group) is 1. The standard InChI is InChI=1S/C11H11Br2NO3/c1-2-14(6-10(15)16)11(17)8-4-3-7(12)5-9(8)13/h3-5H,2,6H2,1H3,(H,15,16). The van der Waals surface area contributed by atoms with Gasteiger partial charge >= 0.3 is 5.97 Å². The molecule has 0 saturated carbocycles. The molecule has 0 radical (unpaired) electrons. The van der Waals surface area contributed by atoms with Gasteiger partial charge in [0.15, 0.2) is 0 Å². The fourth-order valence-electron chi connectivity index (χ4n) is 1.32. The highest BCUT2D eigenvalue weighted by Gasteiger charge is 2.18. The number of halogens is 2. The fourth-order valence-corrected chi connectivity index (χ4v) is 2.54. The van der Waals surface area contributed by atoms with Gasteiger partial charge in [0.2, 0.25) is 0 Å². The van der Waals surface area contributed by atoms with Crippen molar-refractivity contribution in [3.63, 3.8) is 0 Å². The summed E-state index contributed by atoms with van der Waals surface area (Å²) in [6.45, 7) is 1.80. The first-order valence-corrected chi connectivity index (χ1v) is 6.50. The average molecular weight is 365 g/mol. The van der Waals surface area contributed by atoms with E-state index in [1.165, 1.54) is 4.90 Å². The van der Waals surface area contributed by atoms with E-state index in [0.717, 1.165) is 4.47 Å². The van der Waals surface area contributed by atoms with E-state index in [1.54, 1.807) is 25.1 Å². The first-order valence-electron chi connectivity index (χ1n) is 4.91. The summed E-state index contributed by atoms with van der Waals surface area (Å²) in [5, 5.41) is 8.71. The van der Waals surface area contributed by atoms with Crippen molar-refractivity contribution >= 4 is 43.7 Å². The SMILES string of the molecule is CCN(CC(=O)O)C(=O)c1ccc(Br)cc1Br. The fraction of sp³-hybridized carbons (Fsp3) is 0.273. The Morgan fingerprint density at radius 1 is 1.35 bits per heavy atom. The summed E-state index contributed by atoms with van der Waals surface area (Å²) in [5.74, 6) is -1.32. The Labute approximate surface area is 116 Å². The number of hydrogen-bond acceptors (Lipinski definition) is 2. The zero-order valence-corrected chi connectivity index (χ0v) is 12.3. The van der Waals surface area contributed by atoms with E-state index in [9.17, 15) is 9.59 Å². The van der Waals surface area contributed by atoms with E-state index < -0.39 is 5.97 Å². The van der Waals surface area contributed by atoms with Crippen LogP contribution in [0.15, 0.2) is 27.1 Å². The minimum absolute atomic E-state index is 0.294. The molecule has 1 N–H and O–H groups in total. The predicted octanol–water partition coefficient (Wildman–Crippen LogP) is 2.76. The van der Waals surface area contributed by atoms with E-state index in [1.807, 2.05) is 0 Å². The van der Waals surface area contributed by atoms with Gasteiger partial charge in [0.25, 0.3) is 5.91 Å². The second-order valence-electron chi connectivity index (χ2n) is 3.34. The summed E-state index contributed by atoms with van der Waals surface area (Å²) in [6, 6.07) is 5.15. The molecule has 0 unspecified atom stereocenters. The van der Waals surface area contributed by atoms with Crippen molar-refractivity contribution in [3.8, 4) is 0 Å². The van der Waals surface area contributed by atoms with Crippen LogP contribution >= 0.6 is 31.9 Å². The van der Waals surface area contributed by atoms with E-state index >= 15 is 0 Å². The Hall–Kier alpha value is -0.880. The van der Waals surface area contributed by atoms with Crippen LogP contribution in [0.2, 0.25) is 0 Å². The van der Waals surface area contributed by atoms with Crippen molar-refractivity contribution in [2.45, 2.75) is 6.92 Å². The van der Waals surface area contributed by atoms with E-state index in [2.05, 4.69) is 31.9 Å². The van der Waals surface area contributed by atoms with Gasteiger partial charge in [-0.3, -0.25) is 9.59 Å². The summed E-state index contributed by atoms with van der Waals surface area (Å²) in [6.07, 6.45) is 0. The maximum absolute atomic E-state index is 12.1. The molecule has 1 aromatic rings. The zero-order chi connectivity index (χ0) is 13.0. The summed E-state index contributed by atoms with van der Waals surface area (Å²) >= 11 is 6.58. The molecule has 0 aliphatic heterocycles. The van der Waals surface area contributed by atoms with E-state index in [4.69, 9.17) is 5.11 Å². The number of nitrogens with zero attached hydrogens (tertiary/aromatic N) is 1. The van der Waals surface area contributed by atoms with Crippen LogP contribution in [-0.4, -0.2) is 35.0 Å².